The predicted octanol–water partition coefficient (Wildman–Crippen LogP) is 1.87. The van der Waals surface area contributed by atoms with Crippen LogP contribution in [0.25, 0.3) is 0 Å². The number of nitrogens with one attached hydrogen (secondary N) is 3. The minimum absolute atomic E-state index is 0.228. The number of rotatable bonds is 6. The molecule has 0 aliphatic rings. The summed E-state index contributed by atoms with van der Waals surface area (Å²) in [6, 6.07) is 8.64. The third-order valence-electron chi connectivity index (χ3n) is 2.77. The number of hydrogen-bond donors (Lipinski definition) is 3. The highest BCUT2D eigenvalue weighted by Gasteiger charge is 2.15. The van der Waals surface area contributed by atoms with Crippen molar-refractivity contribution in [3.8, 4) is 0 Å². The Balaban J connectivity index is 2.04. The van der Waals surface area contributed by atoms with Crippen LogP contribution in [0.3, 0.4) is 0 Å². The summed E-state index contributed by atoms with van der Waals surface area (Å²) >= 11 is 5.78. The minimum atomic E-state index is -3.51. The largest absolute Gasteiger partial charge is 0.363 e. The van der Waals surface area contributed by atoms with E-state index in [4.69, 9.17) is 11.6 Å². The van der Waals surface area contributed by atoms with E-state index in [1.165, 1.54) is 6.20 Å². The van der Waals surface area contributed by atoms with Gasteiger partial charge in [0, 0.05) is 30.0 Å². The molecule has 0 saturated heterocycles. The molecule has 0 saturated carbocycles. The molecule has 108 valence electrons. The summed E-state index contributed by atoms with van der Waals surface area (Å²) in [5.74, 6) is 0. The zero-order valence-electron chi connectivity index (χ0n) is 11.0. The summed E-state index contributed by atoms with van der Waals surface area (Å²) in [5, 5.41) is 3.58. The second-order valence-electron chi connectivity index (χ2n) is 4.34. The van der Waals surface area contributed by atoms with Crippen molar-refractivity contribution in [2.75, 3.05) is 7.05 Å². The molecule has 0 spiro atoms. The fourth-order valence-electron chi connectivity index (χ4n) is 1.73. The standard InChI is InChI=1S/C13H16ClN3O2S/c1-15-8-12-6-13(9-16-12)20(18,19)17-7-10-2-4-11(14)5-3-10/h2-6,9,15-17H,7-8H2,1H3. The average molecular weight is 314 g/mol. The Labute approximate surface area is 123 Å². The predicted molar refractivity (Wildman–Crippen MR) is 79.0 cm³/mol. The van der Waals surface area contributed by atoms with Gasteiger partial charge in [-0.05, 0) is 30.8 Å². The maximum Gasteiger partial charge on any atom is 0.242 e. The first-order valence-corrected chi connectivity index (χ1v) is 7.93. The van der Waals surface area contributed by atoms with Crippen LogP contribution < -0.4 is 10.0 Å². The number of H-pyrrole nitrogens is 1. The number of aromatic amines is 1. The molecule has 0 atom stereocenters. The van der Waals surface area contributed by atoms with Crippen molar-refractivity contribution >= 4 is 21.6 Å². The van der Waals surface area contributed by atoms with E-state index in [1.807, 2.05) is 0 Å². The van der Waals surface area contributed by atoms with Crippen LogP contribution in [-0.4, -0.2) is 20.4 Å². The van der Waals surface area contributed by atoms with Crippen LogP contribution in [0.4, 0.5) is 0 Å². The lowest BCUT2D eigenvalue weighted by Gasteiger charge is -2.05. The van der Waals surface area contributed by atoms with Gasteiger partial charge in [0.1, 0.15) is 0 Å². The maximum atomic E-state index is 12.1. The highest BCUT2D eigenvalue weighted by atomic mass is 35.5. The van der Waals surface area contributed by atoms with Crippen molar-refractivity contribution in [2.45, 2.75) is 18.0 Å². The van der Waals surface area contributed by atoms with Gasteiger partial charge in [-0.25, -0.2) is 13.1 Å². The minimum Gasteiger partial charge on any atom is -0.363 e. The van der Waals surface area contributed by atoms with E-state index >= 15 is 0 Å². The third kappa shape index (κ3) is 3.83. The topological polar surface area (TPSA) is 74.0 Å². The molecule has 5 nitrogen and oxygen atoms in total. The van der Waals surface area contributed by atoms with Crippen LogP contribution in [0.1, 0.15) is 11.3 Å². The number of hydrogen-bond acceptors (Lipinski definition) is 3. The summed E-state index contributed by atoms with van der Waals surface area (Å²) in [6.07, 6.45) is 1.48. The molecule has 7 heteroatoms. The molecule has 20 heavy (non-hydrogen) atoms. The molecule has 0 aliphatic carbocycles. The molecule has 2 aromatic rings. The van der Waals surface area contributed by atoms with Gasteiger partial charge in [0.25, 0.3) is 0 Å². The molecule has 0 bridgehead atoms. The quantitative estimate of drug-likeness (QED) is 0.762. The molecular formula is C13H16ClN3O2S. The van der Waals surface area contributed by atoms with Gasteiger partial charge in [-0.1, -0.05) is 23.7 Å². The fourth-order valence-corrected chi connectivity index (χ4v) is 2.89. The summed E-state index contributed by atoms with van der Waals surface area (Å²) < 4.78 is 26.8. The van der Waals surface area contributed by atoms with E-state index in [-0.39, 0.29) is 11.4 Å². The van der Waals surface area contributed by atoms with E-state index in [1.54, 1.807) is 37.4 Å². The van der Waals surface area contributed by atoms with Gasteiger partial charge < -0.3 is 10.3 Å². The van der Waals surface area contributed by atoms with Crippen molar-refractivity contribution in [3.63, 3.8) is 0 Å². The van der Waals surface area contributed by atoms with Crippen LogP contribution in [-0.2, 0) is 23.1 Å². The van der Waals surface area contributed by atoms with Crippen LogP contribution in [0.15, 0.2) is 41.4 Å². The number of aromatic nitrogens is 1. The zero-order valence-corrected chi connectivity index (χ0v) is 12.6. The second-order valence-corrected chi connectivity index (χ2v) is 6.55. The van der Waals surface area contributed by atoms with Gasteiger partial charge >= 0.3 is 0 Å². The second kappa shape index (κ2) is 6.41. The molecule has 1 aromatic heterocycles. The Morgan fingerprint density at radius 2 is 1.90 bits per heavy atom. The molecule has 3 N–H and O–H groups in total. The van der Waals surface area contributed by atoms with Gasteiger partial charge in [0.2, 0.25) is 10.0 Å². The Morgan fingerprint density at radius 3 is 2.55 bits per heavy atom. The van der Waals surface area contributed by atoms with Gasteiger partial charge in [0.05, 0.1) is 4.90 Å². The van der Waals surface area contributed by atoms with Gasteiger partial charge in [0.15, 0.2) is 0 Å². The summed E-state index contributed by atoms with van der Waals surface area (Å²) in [5.41, 5.74) is 1.67. The molecule has 0 unspecified atom stereocenters. The van der Waals surface area contributed by atoms with Crippen molar-refractivity contribution in [3.05, 3.63) is 52.8 Å². The Bertz CT molecular complexity index is 665. The van der Waals surface area contributed by atoms with E-state index in [2.05, 4.69) is 15.0 Å². The number of benzene rings is 1. The van der Waals surface area contributed by atoms with Crippen LogP contribution in [0.2, 0.25) is 5.02 Å². The Hall–Kier alpha value is -1.34. The van der Waals surface area contributed by atoms with E-state index in [0.29, 0.717) is 11.6 Å². The Morgan fingerprint density at radius 1 is 1.20 bits per heavy atom. The fraction of sp³-hybridized carbons (Fsp3) is 0.231. The lowest BCUT2D eigenvalue weighted by Crippen LogP contribution is -2.22. The highest BCUT2D eigenvalue weighted by molar-refractivity contribution is 7.89. The van der Waals surface area contributed by atoms with E-state index in [9.17, 15) is 8.42 Å². The monoisotopic (exact) mass is 313 g/mol. The molecule has 0 aliphatic heterocycles. The van der Waals surface area contributed by atoms with Crippen molar-refractivity contribution < 1.29 is 8.42 Å². The first-order valence-electron chi connectivity index (χ1n) is 6.07. The third-order valence-corrected chi connectivity index (χ3v) is 4.41. The van der Waals surface area contributed by atoms with E-state index in [0.717, 1.165) is 11.3 Å². The zero-order chi connectivity index (χ0) is 14.6. The number of halogens is 1. The lowest BCUT2D eigenvalue weighted by atomic mass is 10.2. The summed E-state index contributed by atoms with van der Waals surface area (Å²) in [6.45, 7) is 0.818. The summed E-state index contributed by atoms with van der Waals surface area (Å²) in [7, 11) is -1.71. The van der Waals surface area contributed by atoms with Crippen LogP contribution in [0, 0.1) is 0 Å². The van der Waals surface area contributed by atoms with Crippen molar-refractivity contribution in [2.24, 2.45) is 0 Å². The molecular weight excluding hydrogens is 298 g/mol. The normalized spacial score (nSPS) is 11.7. The maximum absolute atomic E-state index is 12.1. The molecule has 2 rings (SSSR count). The van der Waals surface area contributed by atoms with E-state index < -0.39 is 10.0 Å². The van der Waals surface area contributed by atoms with Crippen LogP contribution >= 0.6 is 11.6 Å². The van der Waals surface area contributed by atoms with Gasteiger partial charge in [-0.15, -0.1) is 0 Å². The van der Waals surface area contributed by atoms with Crippen LogP contribution in [0.5, 0.6) is 0 Å². The SMILES string of the molecule is CNCc1cc(S(=O)(=O)NCc2ccc(Cl)cc2)c[nH]1. The smallest absolute Gasteiger partial charge is 0.242 e. The molecule has 0 amide bonds. The molecule has 1 aromatic carbocycles. The molecule has 0 fully saturated rings. The van der Waals surface area contributed by atoms with Crippen molar-refractivity contribution in [1.29, 1.82) is 0 Å². The highest BCUT2D eigenvalue weighted by Crippen LogP contribution is 2.13. The summed E-state index contributed by atoms with van der Waals surface area (Å²) in [4.78, 5) is 3.15. The molecule has 1 heterocycles. The molecule has 0 radical (unpaired) electrons. The van der Waals surface area contributed by atoms with Gasteiger partial charge in [-0.2, -0.15) is 0 Å². The average Bonchev–Trinajstić information content (AvgIpc) is 2.88. The van der Waals surface area contributed by atoms with Gasteiger partial charge in [-0.3, -0.25) is 0 Å². The Kier molecular flexibility index (Phi) is 4.82. The van der Waals surface area contributed by atoms with Crippen molar-refractivity contribution in [1.82, 2.24) is 15.0 Å². The number of sulfonamides is 1. The lowest BCUT2D eigenvalue weighted by molar-refractivity contribution is 0.581. The first kappa shape index (κ1) is 15.1. The first-order chi connectivity index (χ1) is 9.51.